The fourth-order valence-electron chi connectivity index (χ4n) is 0.823. The Labute approximate surface area is 52.3 Å². The SMILES string of the molecule is C1=Cc2[nH]ncc2OC1. The zero-order valence-corrected chi connectivity index (χ0v) is 4.79. The zero-order valence-electron chi connectivity index (χ0n) is 4.79. The minimum absolute atomic E-state index is 0.659. The summed E-state index contributed by atoms with van der Waals surface area (Å²) >= 11 is 0. The van der Waals surface area contributed by atoms with E-state index < -0.39 is 0 Å². The van der Waals surface area contributed by atoms with Gasteiger partial charge >= 0.3 is 0 Å². The van der Waals surface area contributed by atoms with Crippen molar-refractivity contribution in [2.45, 2.75) is 0 Å². The Hall–Kier alpha value is -1.25. The van der Waals surface area contributed by atoms with Gasteiger partial charge in [0.15, 0.2) is 5.75 Å². The number of rotatable bonds is 0. The van der Waals surface area contributed by atoms with E-state index >= 15 is 0 Å². The predicted octanol–water partition coefficient (Wildman–Crippen LogP) is 0.815. The first-order chi connectivity index (χ1) is 4.47. The third-order valence-electron chi connectivity index (χ3n) is 1.25. The first kappa shape index (κ1) is 4.61. The number of aromatic nitrogens is 2. The number of fused-ring (bicyclic) bond motifs is 1. The van der Waals surface area contributed by atoms with Gasteiger partial charge in [-0.3, -0.25) is 5.10 Å². The van der Waals surface area contributed by atoms with E-state index in [1.165, 1.54) is 0 Å². The third kappa shape index (κ3) is 0.614. The van der Waals surface area contributed by atoms with Crippen LogP contribution in [-0.2, 0) is 0 Å². The molecular weight excluding hydrogens is 116 g/mol. The van der Waals surface area contributed by atoms with Crippen LogP contribution in [0.2, 0.25) is 0 Å². The molecule has 0 aliphatic carbocycles. The maximum absolute atomic E-state index is 5.18. The molecule has 0 saturated carbocycles. The van der Waals surface area contributed by atoms with E-state index in [4.69, 9.17) is 4.74 Å². The fraction of sp³-hybridized carbons (Fsp3) is 0.167. The van der Waals surface area contributed by atoms with Gasteiger partial charge in [0.25, 0.3) is 0 Å². The summed E-state index contributed by atoms with van der Waals surface area (Å²) in [6.07, 6.45) is 5.59. The van der Waals surface area contributed by atoms with Crippen LogP contribution in [0.4, 0.5) is 0 Å². The largest absolute Gasteiger partial charge is 0.486 e. The third-order valence-corrected chi connectivity index (χ3v) is 1.25. The molecule has 0 amide bonds. The lowest BCUT2D eigenvalue weighted by atomic mass is 10.3. The van der Waals surface area contributed by atoms with E-state index in [1.807, 2.05) is 12.2 Å². The van der Waals surface area contributed by atoms with Crippen LogP contribution >= 0.6 is 0 Å². The monoisotopic (exact) mass is 122 g/mol. The smallest absolute Gasteiger partial charge is 0.164 e. The van der Waals surface area contributed by atoms with Crippen molar-refractivity contribution in [3.8, 4) is 5.75 Å². The molecule has 1 N–H and O–H groups in total. The van der Waals surface area contributed by atoms with Crippen LogP contribution in [0.1, 0.15) is 5.69 Å². The summed E-state index contributed by atoms with van der Waals surface area (Å²) in [5.74, 6) is 0.845. The molecule has 0 bridgehead atoms. The standard InChI is InChI=1S/C6H6N2O/c1-2-5-6(9-3-1)4-7-8-5/h1-2,4H,3H2,(H,7,8). The van der Waals surface area contributed by atoms with Gasteiger partial charge in [0.2, 0.25) is 0 Å². The first-order valence-corrected chi connectivity index (χ1v) is 2.79. The van der Waals surface area contributed by atoms with Crippen molar-refractivity contribution in [2.75, 3.05) is 6.61 Å². The lowest BCUT2D eigenvalue weighted by molar-refractivity contribution is 0.358. The van der Waals surface area contributed by atoms with Gasteiger partial charge in [0.05, 0.1) is 11.9 Å². The molecule has 0 fully saturated rings. The fourth-order valence-corrected chi connectivity index (χ4v) is 0.823. The lowest BCUT2D eigenvalue weighted by Gasteiger charge is -2.04. The molecule has 1 aromatic rings. The van der Waals surface area contributed by atoms with Crippen molar-refractivity contribution in [1.29, 1.82) is 0 Å². The van der Waals surface area contributed by atoms with E-state index in [-0.39, 0.29) is 0 Å². The predicted molar refractivity (Wildman–Crippen MR) is 33.1 cm³/mol. The highest BCUT2D eigenvalue weighted by Crippen LogP contribution is 2.18. The Balaban J connectivity index is 2.53. The quantitative estimate of drug-likeness (QED) is 0.553. The average Bonchev–Trinajstić information content (AvgIpc) is 2.33. The summed E-state index contributed by atoms with van der Waals surface area (Å²) in [4.78, 5) is 0. The molecule has 46 valence electrons. The van der Waals surface area contributed by atoms with E-state index in [0.29, 0.717) is 6.61 Å². The summed E-state index contributed by atoms with van der Waals surface area (Å²) in [5, 5.41) is 6.60. The van der Waals surface area contributed by atoms with Gasteiger partial charge < -0.3 is 4.74 Å². The van der Waals surface area contributed by atoms with Crippen LogP contribution in [-0.4, -0.2) is 16.8 Å². The summed E-state index contributed by atoms with van der Waals surface area (Å²) in [5.41, 5.74) is 0.959. The molecular formula is C6H6N2O. The molecule has 1 aliphatic heterocycles. The van der Waals surface area contributed by atoms with E-state index in [2.05, 4.69) is 10.2 Å². The maximum atomic E-state index is 5.18. The minimum Gasteiger partial charge on any atom is -0.486 e. The van der Waals surface area contributed by atoms with Gasteiger partial charge in [0, 0.05) is 0 Å². The molecule has 3 nitrogen and oxygen atoms in total. The highest BCUT2D eigenvalue weighted by molar-refractivity contribution is 5.53. The molecule has 3 heteroatoms. The van der Waals surface area contributed by atoms with Crippen LogP contribution in [0.15, 0.2) is 12.3 Å². The first-order valence-electron chi connectivity index (χ1n) is 2.79. The van der Waals surface area contributed by atoms with Gasteiger partial charge in [-0.05, 0) is 12.2 Å². The second kappa shape index (κ2) is 1.62. The van der Waals surface area contributed by atoms with E-state index in [9.17, 15) is 0 Å². The molecule has 0 radical (unpaired) electrons. The number of aromatic amines is 1. The van der Waals surface area contributed by atoms with E-state index in [1.54, 1.807) is 6.20 Å². The van der Waals surface area contributed by atoms with Crippen LogP contribution in [0, 0.1) is 0 Å². The summed E-state index contributed by atoms with van der Waals surface area (Å²) in [6, 6.07) is 0. The number of nitrogens with one attached hydrogen (secondary N) is 1. The van der Waals surface area contributed by atoms with E-state index in [0.717, 1.165) is 11.4 Å². The van der Waals surface area contributed by atoms with Crippen LogP contribution in [0.25, 0.3) is 6.08 Å². The number of H-pyrrole nitrogens is 1. The molecule has 0 atom stereocenters. The zero-order chi connectivity index (χ0) is 6.10. The minimum atomic E-state index is 0.659. The molecule has 2 heterocycles. The molecule has 0 saturated heterocycles. The molecule has 1 aliphatic rings. The van der Waals surface area contributed by atoms with Crippen molar-refractivity contribution >= 4 is 6.08 Å². The van der Waals surface area contributed by atoms with Crippen molar-refractivity contribution in [3.05, 3.63) is 18.0 Å². The Morgan fingerprint density at radius 2 is 2.67 bits per heavy atom. The number of ether oxygens (including phenoxy) is 1. The second-order valence-electron chi connectivity index (χ2n) is 1.86. The molecule has 0 spiro atoms. The van der Waals surface area contributed by atoms with Gasteiger partial charge in [0.1, 0.15) is 6.61 Å². The summed E-state index contributed by atoms with van der Waals surface area (Å²) in [7, 11) is 0. The van der Waals surface area contributed by atoms with Crippen molar-refractivity contribution in [2.24, 2.45) is 0 Å². The maximum Gasteiger partial charge on any atom is 0.164 e. The Bertz CT molecular complexity index is 239. The van der Waals surface area contributed by atoms with Crippen LogP contribution < -0.4 is 4.74 Å². The van der Waals surface area contributed by atoms with Crippen LogP contribution in [0.5, 0.6) is 5.75 Å². The lowest BCUT2D eigenvalue weighted by Crippen LogP contribution is -1.97. The Morgan fingerprint density at radius 1 is 1.67 bits per heavy atom. The Kier molecular flexibility index (Phi) is 0.828. The van der Waals surface area contributed by atoms with Gasteiger partial charge in [-0.25, -0.2) is 0 Å². The number of nitrogens with zero attached hydrogens (tertiary/aromatic N) is 1. The molecule has 0 aromatic carbocycles. The Morgan fingerprint density at radius 3 is 3.56 bits per heavy atom. The normalized spacial score (nSPS) is 14.7. The van der Waals surface area contributed by atoms with Gasteiger partial charge in [-0.1, -0.05) is 0 Å². The molecule has 9 heavy (non-hydrogen) atoms. The molecule has 1 aromatic heterocycles. The van der Waals surface area contributed by atoms with Crippen LogP contribution in [0.3, 0.4) is 0 Å². The van der Waals surface area contributed by atoms with Crippen molar-refractivity contribution in [1.82, 2.24) is 10.2 Å². The number of hydrogen-bond acceptors (Lipinski definition) is 2. The van der Waals surface area contributed by atoms with Crippen molar-refractivity contribution < 1.29 is 4.74 Å². The van der Waals surface area contributed by atoms with Gasteiger partial charge in [-0.2, -0.15) is 5.10 Å². The molecule has 0 unspecified atom stereocenters. The van der Waals surface area contributed by atoms with Gasteiger partial charge in [-0.15, -0.1) is 0 Å². The summed E-state index contributed by atoms with van der Waals surface area (Å²) in [6.45, 7) is 0.659. The highest BCUT2D eigenvalue weighted by Gasteiger charge is 2.04. The number of hydrogen-bond donors (Lipinski definition) is 1. The second-order valence-corrected chi connectivity index (χ2v) is 1.86. The highest BCUT2D eigenvalue weighted by atomic mass is 16.5. The summed E-state index contributed by atoms with van der Waals surface area (Å²) < 4.78 is 5.18. The average molecular weight is 122 g/mol. The topological polar surface area (TPSA) is 37.9 Å². The molecule has 2 rings (SSSR count). The van der Waals surface area contributed by atoms with Crippen molar-refractivity contribution in [3.63, 3.8) is 0 Å².